The normalized spacial score (nSPS) is 12.2. The SMILES string of the molecule is c1ccc2cc3c(cc2c1)N=C(c1ccc(-c2cncc(-c4ccncc4)c2)cc1)c1cc2ccccc2cc1N=C3c1ccc(-c2cncc(-c3ccncc3)c2)cc1. The Hall–Kier alpha value is -8.22. The summed E-state index contributed by atoms with van der Waals surface area (Å²) >= 11 is 0. The average molecular weight is 767 g/mol. The second-order valence-corrected chi connectivity index (χ2v) is 14.9. The molecule has 6 aromatic carbocycles. The molecular weight excluding hydrogens is 733 g/mol. The van der Waals surface area contributed by atoms with Gasteiger partial charge in [-0.15, -0.1) is 0 Å². The van der Waals surface area contributed by atoms with Crippen molar-refractivity contribution in [1.29, 1.82) is 0 Å². The zero-order chi connectivity index (χ0) is 39.8. The van der Waals surface area contributed by atoms with Crippen LogP contribution >= 0.6 is 0 Å². The van der Waals surface area contributed by atoms with E-state index in [4.69, 9.17) is 9.98 Å². The molecule has 0 saturated carbocycles. The minimum Gasteiger partial charge on any atom is -0.265 e. The molecule has 0 unspecified atom stereocenters. The highest BCUT2D eigenvalue weighted by Gasteiger charge is 2.22. The fourth-order valence-electron chi connectivity index (χ4n) is 8.06. The lowest BCUT2D eigenvalue weighted by Gasteiger charge is -2.20. The molecule has 0 N–H and O–H groups in total. The number of fused-ring (bicyclic) bond motifs is 4. The molecule has 4 aromatic heterocycles. The van der Waals surface area contributed by atoms with Crippen LogP contribution in [0.1, 0.15) is 22.3 Å². The van der Waals surface area contributed by atoms with Crippen molar-refractivity contribution in [3.63, 3.8) is 0 Å². The summed E-state index contributed by atoms with van der Waals surface area (Å²) in [6.45, 7) is 0. The Morgan fingerprint density at radius 3 is 0.933 bits per heavy atom. The molecule has 0 fully saturated rings. The molecule has 5 heterocycles. The van der Waals surface area contributed by atoms with Gasteiger partial charge in [-0.05, 0) is 104 Å². The summed E-state index contributed by atoms with van der Waals surface area (Å²) < 4.78 is 0. The molecule has 0 saturated heterocycles. The summed E-state index contributed by atoms with van der Waals surface area (Å²) in [5.74, 6) is 0. The van der Waals surface area contributed by atoms with E-state index >= 15 is 0 Å². The fraction of sp³-hybridized carbons (Fsp3) is 0. The quantitative estimate of drug-likeness (QED) is 0.169. The number of hydrogen-bond donors (Lipinski definition) is 0. The third-order valence-corrected chi connectivity index (χ3v) is 11.2. The Kier molecular flexibility index (Phi) is 8.71. The number of aromatic nitrogens is 4. The molecule has 0 amide bonds. The number of pyridine rings is 4. The first-order chi connectivity index (χ1) is 29.7. The van der Waals surface area contributed by atoms with Gasteiger partial charge in [0.2, 0.25) is 0 Å². The van der Waals surface area contributed by atoms with Gasteiger partial charge in [0.1, 0.15) is 0 Å². The highest BCUT2D eigenvalue weighted by atomic mass is 14.8. The van der Waals surface area contributed by atoms with Gasteiger partial charge in [-0.2, -0.15) is 0 Å². The standard InChI is InChI=1S/C54H34N6/c1-3-7-43-29-51-49(27-41(43)5-1)53(39-13-9-35(10-14-39)45-25-47(33-57-31-45)37-17-21-55-22-18-37)60-52-30-44-8-4-2-6-42(44)28-50(52)54(59-51)40-15-11-36(12-16-40)46-26-48(34-58-32-46)38-19-23-56-24-20-38/h1-34H. The summed E-state index contributed by atoms with van der Waals surface area (Å²) in [5, 5.41) is 4.49. The molecule has 6 nitrogen and oxygen atoms in total. The Labute approximate surface area is 347 Å². The van der Waals surface area contributed by atoms with E-state index in [0.29, 0.717) is 0 Å². The second kappa shape index (κ2) is 14.9. The first-order valence-corrected chi connectivity index (χ1v) is 19.9. The first kappa shape index (κ1) is 35.0. The average Bonchev–Trinajstić information content (AvgIpc) is 3.32. The van der Waals surface area contributed by atoms with E-state index in [1.807, 2.05) is 49.1 Å². The summed E-state index contributed by atoms with van der Waals surface area (Å²) in [7, 11) is 0. The molecule has 1 aliphatic rings. The van der Waals surface area contributed by atoms with Crippen molar-refractivity contribution in [3.8, 4) is 44.5 Å². The molecule has 11 rings (SSSR count). The Bertz CT molecular complexity index is 3060. The monoisotopic (exact) mass is 766 g/mol. The van der Waals surface area contributed by atoms with Crippen LogP contribution in [0.4, 0.5) is 11.4 Å². The minimum atomic E-state index is 0.859. The lowest BCUT2D eigenvalue weighted by Crippen LogP contribution is -2.10. The van der Waals surface area contributed by atoms with Crippen molar-refractivity contribution in [3.05, 3.63) is 230 Å². The highest BCUT2D eigenvalue weighted by Crippen LogP contribution is 2.38. The zero-order valence-corrected chi connectivity index (χ0v) is 32.3. The van der Waals surface area contributed by atoms with E-state index in [-0.39, 0.29) is 0 Å². The summed E-state index contributed by atoms with van der Waals surface area (Å²) in [6, 6.07) is 55.4. The van der Waals surface area contributed by atoms with Gasteiger partial charge < -0.3 is 0 Å². The van der Waals surface area contributed by atoms with Crippen molar-refractivity contribution in [2.24, 2.45) is 9.98 Å². The van der Waals surface area contributed by atoms with Crippen LogP contribution in [0.25, 0.3) is 66.1 Å². The first-order valence-electron chi connectivity index (χ1n) is 19.9. The smallest absolute Gasteiger partial charge is 0.0803 e. The van der Waals surface area contributed by atoms with Gasteiger partial charge >= 0.3 is 0 Å². The zero-order valence-electron chi connectivity index (χ0n) is 32.3. The molecule has 60 heavy (non-hydrogen) atoms. The topological polar surface area (TPSA) is 76.3 Å². The van der Waals surface area contributed by atoms with Crippen molar-refractivity contribution in [2.75, 3.05) is 0 Å². The van der Waals surface area contributed by atoms with Crippen molar-refractivity contribution < 1.29 is 0 Å². The second-order valence-electron chi connectivity index (χ2n) is 14.9. The molecule has 10 aromatic rings. The number of rotatable bonds is 6. The third kappa shape index (κ3) is 6.62. The number of hydrogen-bond acceptors (Lipinski definition) is 6. The van der Waals surface area contributed by atoms with Gasteiger partial charge in [0.25, 0.3) is 0 Å². The van der Waals surface area contributed by atoms with E-state index in [1.54, 1.807) is 24.8 Å². The number of aliphatic imine (C=N–C) groups is 2. The molecule has 6 heteroatoms. The molecule has 0 spiro atoms. The van der Waals surface area contributed by atoms with E-state index in [1.165, 1.54) is 0 Å². The predicted molar refractivity (Wildman–Crippen MR) is 244 cm³/mol. The molecule has 1 aliphatic heterocycles. The highest BCUT2D eigenvalue weighted by molar-refractivity contribution is 6.24. The van der Waals surface area contributed by atoms with Crippen LogP contribution in [-0.4, -0.2) is 31.4 Å². The minimum absolute atomic E-state index is 0.859. The van der Waals surface area contributed by atoms with Gasteiger partial charge in [0.15, 0.2) is 0 Å². The summed E-state index contributed by atoms with van der Waals surface area (Å²) in [5.41, 5.74) is 15.8. The fourth-order valence-corrected chi connectivity index (χ4v) is 8.06. The molecular formula is C54H34N6. The van der Waals surface area contributed by atoms with Gasteiger partial charge in [-0.1, -0.05) is 97.1 Å². The van der Waals surface area contributed by atoms with Crippen LogP contribution < -0.4 is 0 Å². The number of nitrogens with zero attached hydrogens (tertiary/aromatic N) is 6. The summed E-state index contributed by atoms with van der Waals surface area (Å²) in [6.07, 6.45) is 14.8. The van der Waals surface area contributed by atoms with Gasteiger partial charge in [-0.3, -0.25) is 19.9 Å². The summed E-state index contributed by atoms with van der Waals surface area (Å²) in [4.78, 5) is 28.7. The van der Waals surface area contributed by atoms with Crippen LogP contribution in [0.2, 0.25) is 0 Å². The van der Waals surface area contributed by atoms with Crippen molar-refractivity contribution in [2.45, 2.75) is 0 Å². The van der Waals surface area contributed by atoms with Crippen LogP contribution in [0, 0.1) is 0 Å². The van der Waals surface area contributed by atoms with Crippen LogP contribution in [0.15, 0.2) is 217 Å². The molecule has 0 aliphatic carbocycles. The Morgan fingerprint density at radius 1 is 0.250 bits per heavy atom. The van der Waals surface area contributed by atoms with Gasteiger partial charge in [0.05, 0.1) is 22.8 Å². The molecule has 0 atom stereocenters. The maximum atomic E-state index is 5.61. The van der Waals surface area contributed by atoms with Crippen LogP contribution in [0.5, 0.6) is 0 Å². The maximum Gasteiger partial charge on any atom is 0.0803 e. The number of benzene rings is 6. The van der Waals surface area contributed by atoms with Crippen molar-refractivity contribution in [1.82, 2.24) is 19.9 Å². The van der Waals surface area contributed by atoms with Crippen molar-refractivity contribution >= 4 is 44.3 Å². The van der Waals surface area contributed by atoms with E-state index in [9.17, 15) is 0 Å². The van der Waals surface area contributed by atoms with Gasteiger partial charge in [0, 0.05) is 94.1 Å². The van der Waals surface area contributed by atoms with Gasteiger partial charge in [-0.25, -0.2) is 9.98 Å². The van der Waals surface area contributed by atoms with E-state index < -0.39 is 0 Å². The van der Waals surface area contributed by atoms with Crippen LogP contribution in [-0.2, 0) is 0 Å². The Morgan fingerprint density at radius 2 is 0.567 bits per heavy atom. The predicted octanol–water partition coefficient (Wildman–Crippen LogP) is 12.9. The maximum absolute atomic E-state index is 5.61. The van der Waals surface area contributed by atoms with E-state index in [0.717, 1.165) is 111 Å². The lowest BCUT2D eigenvalue weighted by molar-refractivity contribution is 1.30. The molecule has 280 valence electrons. The Balaban J connectivity index is 1.05. The molecule has 0 bridgehead atoms. The largest absolute Gasteiger partial charge is 0.265 e. The van der Waals surface area contributed by atoms with Crippen LogP contribution in [0.3, 0.4) is 0 Å². The lowest BCUT2D eigenvalue weighted by atomic mass is 9.92. The van der Waals surface area contributed by atoms with E-state index in [2.05, 4.69) is 153 Å². The third-order valence-electron chi connectivity index (χ3n) is 11.2. The molecule has 0 radical (unpaired) electrons.